The molecule has 8 heteroatoms. The largest absolute Gasteiger partial charge is 0.360 e. The molecule has 1 aromatic carbocycles. The van der Waals surface area contributed by atoms with Crippen molar-refractivity contribution in [2.75, 3.05) is 11.1 Å². The second-order valence-corrected chi connectivity index (χ2v) is 6.16. The maximum absolute atomic E-state index is 9.12. The molecule has 0 bridgehead atoms. The second-order valence-electron chi connectivity index (χ2n) is 4.99. The van der Waals surface area contributed by atoms with E-state index in [0.717, 1.165) is 23.6 Å². The average Bonchev–Trinajstić information content (AvgIpc) is 3.19. The molecule has 0 aliphatic rings. The summed E-state index contributed by atoms with van der Waals surface area (Å²) in [5.41, 5.74) is 2.29. The zero-order valence-corrected chi connectivity index (χ0v) is 14.1. The van der Waals surface area contributed by atoms with Crippen LogP contribution in [0.25, 0.3) is 5.57 Å². The molecular weight excluding hydrogens is 334 g/mol. The van der Waals surface area contributed by atoms with Gasteiger partial charge in [-0.25, -0.2) is 0 Å². The number of nitriles is 1. The van der Waals surface area contributed by atoms with Gasteiger partial charge in [-0.2, -0.15) is 10.5 Å². The Hall–Kier alpha value is -3.18. The number of thioether (sulfide) groups is 1. The summed E-state index contributed by atoms with van der Waals surface area (Å²) in [5.74, 6) is 1.23. The summed E-state index contributed by atoms with van der Waals surface area (Å²) in [7, 11) is 0. The number of tetrazole rings is 1. The Morgan fingerprint density at radius 3 is 2.80 bits per heavy atom. The van der Waals surface area contributed by atoms with Gasteiger partial charge in [-0.05, 0) is 48.0 Å². The standard InChI is InChI=1S/C17H15N7S/c18-11-13(17-21-23-24-22-17)12-20-15-4-6-16(7-5-15)25-10-8-14-3-1-2-9-19-14/h1-7,9,12,20H,8,10H2,(H,21,22,23,24). The molecule has 3 rings (SSSR count). The van der Waals surface area contributed by atoms with E-state index in [9.17, 15) is 0 Å². The molecule has 2 heterocycles. The highest BCUT2D eigenvalue weighted by Gasteiger charge is 2.05. The quantitative estimate of drug-likeness (QED) is 0.499. The third kappa shape index (κ3) is 4.89. The van der Waals surface area contributed by atoms with Gasteiger partial charge in [0.1, 0.15) is 11.6 Å². The molecule has 0 aliphatic heterocycles. The lowest BCUT2D eigenvalue weighted by Gasteiger charge is -2.04. The highest BCUT2D eigenvalue weighted by Crippen LogP contribution is 2.21. The smallest absolute Gasteiger partial charge is 0.216 e. The zero-order valence-electron chi connectivity index (χ0n) is 13.3. The predicted octanol–water partition coefficient (Wildman–Crippen LogP) is 2.91. The second kappa shape index (κ2) is 8.61. The first-order valence-electron chi connectivity index (χ1n) is 7.58. The zero-order chi connectivity index (χ0) is 17.3. The van der Waals surface area contributed by atoms with Crippen molar-refractivity contribution in [2.24, 2.45) is 0 Å². The number of rotatable bonds is 7. The molecule has 0 amide bonds. The summed E-state index contributed by atoms with van der Waals surface area (Å²) in [5, 5.41) is 25.5. The maximum atomic E-state index is 9.12. The Morgan fingerprint density at radius 1 is 1.24 bits per heavy atom. The molecule has 2 aromatic heterocycles. The Labute approximate surface area is 149 Å². The molecule has 3 aromatic rings. The molecule has 0 saturated heterocycles. The first-order valence-corrected chi connectivity index (χ1v) is 8.57. The van der Waals surface area contributed by atoms with E-state index in [1.807, 2.05) is 54.7 Å². The number of aromatic nitrogens is 5. The number of nitrogens with one attached hydrogen (secondary N) is 2. The summed E-state index contributed by atoms with van der Waals surface area (Å²) in [6.45, 7) is 0. The van der Waals surface area contributed by atoms with E-state index in [0.29, 0.717) is 5.57 Å². The van der Waals surface area contributed by atoms with Gasteiger partial charge in [0.15, 0.2) is 0 Å². The molecule has 0 aliphatic carbocycles. The van der Waals surface area contributed by atoms with E-state index in [2.05, 4.69) is 30.9 Å². The number of H-pyrrole nitrogens is 1. The summed E-state index contributed by atoms with van der Waals surface area (Å²) in [6, 6.07) is 16.0. The molecule has 0 fully saturated rings. The van der Waals surface area contributed by atoms with Crippen LogP contribution in [0.5, 0.6) is 0 Å². The van der Waals surface area contributed by atoms with Crippen LogP contribution in [0.1, 0.15) is 11.5 Å². The molecule has 124 valence electrons. The van der Waals surface area contributed by atoms with Crippen LogP contribution >= 0.6 is 11.8 Å². The third-order valence-electron chi connectivity index (χ3n) is 3.30. The minimum atomic E-state index is 0.261. The van der Waals surface area contributed by atoms with E-state index in [4.69, 9.17) is 5.26 Å². The fourth-order valence-electron chi connectivity index (χ4n) is 2.05. The van der Waals surface area contributed by atoms with E-state index in [-0.39, 0.29) is 5.82 Å². The number of hydrogen-bond donors (Lipinski definition) is 2. The number of benzene rings is 1. The summed E-state index contributed by atoms with van der Waals surface area (Å²) in [6.07, 6.45) is 4.32. The Bertz CT molecular complexity index is 852. The van der Waals surface area contributed by atoms with Crippen molar-refractivity contribution in [3.63, 3.8) is 0 Å². The number of nitrogens with zero attached hydrogens (tertiary/aromatic N) is 5. The van der Waals surface area contributed by atoms with Crippen LogP contribution in [0.15, 0.2) is 59.8 Å². The van der Waals surface area contributed by atoms with Gasteiger partial charge in [0, 0.05) is 34.4 Å². The number of anilines is 1. The lowest BCUT2D eigenvalue weighted by Crippen LogP contribution is -1.93. The molecule has 0 unspecified atom stereocenters. The normalized spacial score (nSPS) is 11.1. The minimum Gasteiger partial charge on any atom is -0.360 e. The van der Waals surface area contributed by atoms with Gasteiger partial charge in [-0.3, -0.25) is 4.98 Å². The first kappa shape index (κ1) is 16.7. The highest BCUT2D eigenvalue weighted by atomic mass is 32.2. The van der Waals surface area contributed by atoms with E-state index >= 15 is 0 Å². The first-order chi connectivity index (χ1) is 12.3. The van der Waals surface area contributed by atoms with Gasteiger partial charge >= 0.3 is 0 Å². The van der Waals surface area contributed by atoms with Gasteiger partial charge in [-0.15, -0.1) is 22.0 Å². The van der Waals surface area contributed by atoms with Crippen molar-refractivity contribution in [2.45, 2.75) is 11.3 Å². The molecule has 2 N–H and O–H groups in total. The van der Waals surface area contributed by atoms with Crippen LogP contribution < -0.4 is 5.32 Å². The number of pyridine rings is 1. The number of aryl methyl sites for hydroxylation is 1. The van der Waals surface area contributed by atoms with Gasteiger partial charge in [0.2, 0.25) is 5.82 Å². The average molecular weight is 349 g/mol. The van der Waals surface area contributed by atoms with Crippen LogP contribution in [-0.2, 0) is 6.42 Å². The van der Waals surface area contributed by atoms with Crippen molar-refractivity contribution in [1.82, 2.24) is 25.6 Å². The molecular formula is C17H15N7S. The third-order valence-corrected chi connectivity index (χ3v) is 4.31. The van der Waals surface area contributed by atoms with Crippen molar-refractivity contribution in [3.05, 3.63) is 66.4 Å². The van der Waals surface area contributed by atoms with Crippen LogP contribution in [0, 0.1) is 11.3 Å². The SMILES string of the molecule is N#CC(=CNc1ccc(SCCc2ccccn2)cc1)c1nn[nH]n1. The van der Waals surface area contributed by atoms with Gasteiger partial charge in [0.25, 0.3) is 0 Å². The van der Waals surface area contributed by atoms with Gasteiger partial charge in [0.05, 0.1) is 0 Å². The van der Waals surface area contributed by atoms with Crippen molar-refractivity contribution < 1.29 is 0 Å². The minimum absolute atomic E-state index is 0.261. The van der Waals surface area contributed by atoms with Crippen molar-refractivity contribution in [1.29, 1.82) is 5.26 Å². The fourth-order valence-corrected chi connectivity index (χ4v) is 2.92. The maximum Gasteiger partial charge on any atom is 0.216 e. The summed E-state index contributed by atoms with van der Waals surface area (Å²) >= 11 is 1.78. The lowest BCUT2D eigenvalue weighted by molar-refractivity contribution is 0.881. The van der Waals surface area contributed by atoms with Crippen molar-refractivity contribution >= 4 is 23.0 Å². The Morgan fingerprint density at radius 2 is 2.12 bits per heavy atom. The van der Waals surface area contributed by atoms with E-state index in [1.54, 1.807) is 18.0 Å². The highest BCUT2D eigenvalue weighted by molar-refractivity contribution is 7.99. The Kier molecular flexibility index (Phi) is 5.74. The molecule has 0 atom stereocenters. The van der Waals surface area contributed by atoms with Gasteiger partial charge < -0.3 is 5.32 Å². The van der Waals surface area contributed by atoms with E-state index in [1.165, 1.54) is 4.90 Å². The molecule has 7 nitrogen and oxygen atoms in total. The molecule has 25 heavy (non-hydrogen) atoms. The molecule has 0 saturated carbocycles. The number of hydrogen-bond acceptors (Lipinski definition) is 7. The predicted molar refractivity (Wildman–Crippen MR) is 96.5 cm³/mol. The fraction of sp³-hybridized carbons (Fsp3) is 0.118. The number of aromatic amines is 1. The van der Waals surface area contributed by atoms with Gasteiger partial charge in [-0.1, -0.05) is 6.07 Å². The van der Waals surface area contributed by atoms with Crippen LogP contribution in [-0.4, -0.2) is 31.4 Å². The Balaban J connectivity index is 1.53. The van der Waals surface area contributed by atoms with Crippen LogP contribution in [0.2, 0.25) is 0 Å². The molecule has 0 spiro atoms. The van der Waals surface area contributed by atoms with Crippen molar-refractivity contribution in [3.8, 4) is 6.07 Å². The summed E-state index contributed by atoms with van der Waals surface area (Å²) in [4.78, 5) is 5.51. The topological polar surface area (TPSA) is 103 Å². The lowest BCUT2D eigenvalue weighted by atomic mass is 10.3. The molecule has 0 radical (unpaired) electrons. The van der Waals surface area contributed by atoms with Crippen LogP contribution in [0.3, 0.4) is 0 Å². The van der Waals surface area contributed by atoms with Crippen LogP contribution in [0.4, 0.5) is 5.69 Å². The number of allylic oxidation sites excluding steroid dienone is 1. The summed E-state index contributed by atoms with van der Waals surface area (Å²) < 4.78 is 0. The monoisotopic (exact) mass is 349 g/mol. The van der Waals surface area contributed by atoms with E-state index < -0.39 is 0 Å².